The van der Waals surface area contributed by atoms with Crippen molar-refractivity contribution in [3.63, 3.8) is 0 Å². The van der Waals surface area contributed by atoms with Gasteiger partial charge in [0.05, 0.1) is 17.6 Å². The lowest BCUT2D eigenvalue weighted by molar-refractivity contribution is -0.384. The summed E-state index contributed by atoms with van der Waals surface area (Å²) in [4.78, 5) is 23.0. The number of halogens is 1. The summed E-state index contributed by atoms with van der Waals surface area (Å²) in [5.41, 5.74) is 1.05. The molecule has 1 N–H and O–H groups in total. The van der Waals surface area contributed by atoms with Crippen LogP contribution in [0.2, 0.25) is 0 Å². The van der Waals surface area contributed by atoms with Crippen molar-refractivity contribution in [2.45, 2.75) is 6.61 Å². The summed E-state index contributed by atoms with van der Waals surface area (Å²) in [6.45, 7) is 0.174. The Morgan fingerprint density at radius 2 is 1.90 bits per heavy atom. The number of non-ortho nitro benzene ring substituents is 1. The molecule has 0 radical (unpaired) electrons. The molecule has 3 aromatic carbocycles. The first-order valence-electron chi connectivity index (χ1n) is 8.57. The molecule has 0 atom stereocenters. The van der Waals surface area contributed by atoms with Crippen LogP contribution < -0.4 is 14.8 Å². The van der Waals surface area contributed by atoms with E-state index in [-0.39, 0.29) is 23.6 Å². The highest BCUT2D eigenvalue weighted by Gasteiger charge is 2.17. The van der Waals surface area contributed by atoms with Crippen molar-refractivity contribution >= 4 is 17.3 Å². The zero-order chi connectivity index (χ0) is 20.8. The number of carbonyl (C=O) groups excluding carboxylic acids is 1. The average molecular weight is 396 g/mol. The first kappa shape index (κ1) is 19.8. The van der Waals surface area contributed by atoms with Gasteiger partial charge in [-0.25, -0.2) is 4.39 Å². The van der Waals surface area contributed by atoms with E-state index in [0.29, 0.717) is 11.4 Å². The van der Waals surface area contributed by atoms with E-state index in [1.165, 1.54) is 31.4 Å². The lowest BCUT2D eigenvalue weighted by Crippen LogP contribution is -2.14. The first-order chi connectivity index (χ1) is 14.0. The maximum Gasteiger partial charge on any atom is 0.270 e. The minimum Gasteiger partial charge on any atom is -0.496 e. The van der Waals surface area contributed by atoms with Crippen LogP contribution in [0.4, 0.5) is 15.8 Å². The lowest BCUT2D eigenvalue weighted by Gasteiger charge is -2.11. The Morgan fingerprint density at radius 3 is 2.62 bits per heavy atom. The fourth-order valence-electron chi connectivity index (χ4n) is 2.65. The highest BCUT2D eigenvalue weighted by molar-refractivity contribution is 6.06. The molecule has 0 aliphatic heterocycles. The molecular formula is C21H17FN2O5. The molecule has 3 aromatic rings. The SMILES string of the molecule is COc1ccc([N+](=O)[O-])cc1C(=O)Nc1cccc(COc2cccc(F)c2)c1. The van der Waals surface area contributed by atoms with Crippen molar-refractivity contribution in [1.82, 2.24) is 0 Å². The van der Waals surface area contributed by atoms with Crippen molar-refractivity contribution < 1.29 is 23.6 Å². The predicted octanol–water partition coefficient (Wildman–Crippen LogP) is 4.57. The molecule has 0 saturated heterocycles. The molecule has 0 unspecified atom stereocenters. The summed E-state index contributed by atoms with van der Waals surface area (Å²) in [5.74, 6) is -0.331. The molecule has 148 valence electrons. The molecule has 8 heteroatoms. The van der Waals surface area contributed by atoms with Gasteiger partial charge in [0.2, 0.25) is 0 Å². The Balaban J connectivity index is 1.73. The summed E-state index contributed by atoms with van der Waals surface area (Å²) >= 11 is 0. The molecule has 0 heterocycles. The zero-order valence-electron chi connectivity index (χ0n) is 15.4. The van der Waals surface area contributed by atoms with Gasteiger partial charge >= 0.3 is 0 Å². The van der Waals surface area contributed by atoms with E-state index in [1.807, 2.05) is 0 Å². The molecule has 0 fully saturated rings. The van der Waals surface area contributed by atoms with Gasteiger partial charge in [0.15, 0.2) is 0 Å². The maximum atomic E-state index is 13.2. The fourth-order valence-corrected chi connectivity index (χ4v) is 2.65. The molecule has 29 heavy (non-hydrogen) atoms. The van der Waals surface area contributed by atoms with Crippen LogP contribution in [0.25, 0.3) is 0 Å². The van der Waals surface area contributed by atoms with Crippen molar-refractivity contribution in [2.75, 3.05) is 12.4 Å². The monoisotopic (exact) mass is 396 g/mol. The van der Waals surface area contributed by atoms with Gasteiger partial charge in [0.1, 0.15) is 23.9 Å². The number of amides is 1. The summed E-state index contributed by atoms with van der Waals surface area (Å²) in [5, 5.41) is 13.7. The van der Waals surface area contributed by atoms with E-state index in [1.54, 1.807) is 36.4 Å². The highest BCUT2D eigenvalue weighted by atomic mass is 19.1. The second kappa shape index (κ2) is 8.83. The molecule has 0 aliphatic rings. The second-order valence-corrected chi connectivity index (χ2v) is 6.04. The number of nitrogens with one attached hydrogen (secondary N) is 1. The number of hydrogen-bond donors (Lipinski definition) is 1. The standard InChI is InChI=1S/C21H17FN2O5/c1-28-20-9-8-17(24(26)27)12-19(20)21(25)23-16-6-2-4-14(10-16)13-29-18-7-3-5-15(22)11-18/h2-12H,13H2,1H3,(H,23,25). The van der Waals surface area contributed by atoms with Crippen LogP contribution in [0.15, 0.2) is 66.7 Å². The number of methoxy groups -OCH3 is 1. The maximum absolute atomic E-state index is 13.2. The number of nitro groups is 1. The molecule has 3 rings (SSSR count). The Labute approximate surface area is 165 Å². The van der Waals surface area contributed by atoms with Gasteiger partial charge < -0.3 is 14.8 Å². The van der Waals surface area contributed by atoms with Gasteiger partial charge in [-0.05, 0) is 35.9 Å². The smallest absolute Gasteiger partial charge is 0.270 e. The Kier molecular flexibility index (Phi) is 6.03. The van der Waals surface area contributed by atoms with E-state index in [9.17, 15) is 19.3 Å². The number of hydrogen-bond acceptors (Lipinski definition) is 5. The third-order valence-corrected chi connectivity index (χ3v) is 4.02. The third kappa shape index (κ3) is 5.07. The number of nitro benzene ring substituents is 1. The molecule has 0 spiro atoms. The second-order valence-electron chi connectivity index (χ2n) is 6.04. The molecule has 7 nitrogen and oxygen atoms in total. The van der Waals surface area contributed by atoms with Gasteiger partial charge in [-0.2, -0.15) is 0 Å². The van der Waals surface area contributed by atoms with Crippen molar-refractivity contribution in [2.24, 2.45) is 0 Å². The number of carbonyl (C=O) groups is 1. The van der Waals surface area contributed by atoms with Crippen LogP contribution in [0, 0.1) is 15.9 Å². The molecule has 0 aliphatic carbocycles. The summed E-state index contributed by atoms with van der Waals surface area (Å²) in [7, 11) is 1.38. The van der Waals surface area contributed by atoms with E-state index < -0.39 is 16.6 Å². The number of nitrogens with zero attached hydrogens (tertiary/aromatic N) is 1. The largest absolute Gasteiger partial charge is 0.496 e. The minimum absolute atomic E-state index is 0.0445. The zero-order valence-corrected chi connectivity index (χ0v) is 15.4. The number of anilines is 1. The van der Waals surface area contributed by atoms with Crippen molar-refractivity contribution in [1.29, 1.82) is 0 Å². The normalized spacial score (nSPS) is 10.3. The van der Waals surface area contributed by atoms with E-state index in [4.69, 9.17) is 9.47 Å². The molecule has 1 amide bonds. The van der Waals surface area contributed by atoms with E-state index in [2.05, 4.69) is 5.32 Å². The van der Waals surface area contributed by atoms with Crippen LogP contribution in [-0.2, 0) is 6.61 Å². The van der Waals surface area contributed by atoms with E-state index >= 15 is 0 Å². The summed E-state index contributed by atoms with van der Waals surface area (Å²) < 4.78 is 23.9. The summed E-state index contributed by atoms with van der Waals surface area (Å²) in [6.07, 6.45) is 0. The van der Waals surface area contributed by atoms with Crippen LogP contribution >= 0.6 is 0 Å². The van der Waals surface area contributed by atoms with Crippen LogP contribution in [0.5, 0.6) is 11.5 Å². The first-order valence-corrected chi connectivity index (χ1v) is 8.57. The fraction of sp³-hybridized carbons (Fsp3) is 0.0952. The minimum atomic E-state index is -0.583. The van der Waals surface area contributed by atoms with Crippen LogP contribution in [0.1, 0.15) is 15.9 Å². The molecule has 0 aromatic heterocycles. The van der Waals surface area contributed by atoms with Gasteiger partial charge in [0.25, 0.3) is 11.6 Å². The molecule has 0 bridgehead atoms. The number of rotatable bonds is 7. The predicted molar refractivity (Wildman–Crippen MR) is 105 cm³/mol. The van der Waals surface area contributed by atoms with Gasteiger partial charge in [0, 0.05) is 23.9 Å². The van der Waals surface area contributed by atoms with Crippen LogP contribution in [-0.4, -0.2) is 17.9 Å². The van der Waals surface area contributed by atoms with Gasteiger partial charge in [-0.1, -0.05) is 18.2 Å². The summed E-state index contributed by atoms with van der Waals surface area (Å²) in [6, 6.07) is 16.5. The van der Waals surface area contributed by atoms with Gasteiger partial charge in [-0.15, -0.1) is 0 Å². The van der Waals surface area contributed by atoms with Crippen LogP contribution in [0.3, 0.4) is 0 Å². The molecule has 0 saturated carbocycles. The van der Waals surface area contributed by atoms with Crippen molar-refractivity contribution in [3.05, 3.63) is 93.8 Å². The highest BCUT2D eigenvalue weighted by Crippen LogP contribution is 2.25. The average Bonchev–Trinajstić information content (AvgIpc) is 2.72. The lowest BCUT2D eigenvalue weighted by atomic mass is 10.1. The van der Waals surface area contributed by atoms with Crippen molar-refractivity contribution in [3.8, 4) is 11.5 Å². The number of ether oxygens (including phenoxy) is 2. The Bertz CT molecular complexity index is 1050. The Hall–Kier alpha value is -3.94. The third-order valence-electron chi connectivity index (χ3n) is 4.02. The number of benzene rings is 3. The molecular weight excluding hydrogens is 379 g/mol. The van der Waals surface area contributed by atoms with Gasteiger partial charge in [-0.3, -0.25) is 14.9 Å². The van der Waals surface area contributed by atoms with E-state index in [0.717, 1.165) is 11.6 Å². The Morgan fingerprint density at radius 1 is 1.10 bits per heavy atom. The quantitative estimate of drug-likeness (QED) is 0.466. The topological polar surface area (TPSA) is 90.7 Å².